The summed E-state index contributed by atoms with van der Waals surface area (Å²) in [7, 11) is 0. The van der Waals surface area contributed by atoms with Crippen molar-refractivity contribution in [2.75, 3.05) is 17.2 Å². The van der Waals surface area contributed by atoms with Crippen molar-refractivity contribution in [3.63, 3.8) is 0 Å². The van der Waals surface area contributed by atoms with Gasteiger partial charge in [-0.15, -0.1) is 11.8 Å². The zero-order chi connectivity index (χ0) is 28.3. The van der Waals surface area contributed by atoms with Crippen molar-refractivity contribution in [2.24, 2.45) is 0 Å². The molecule has 1 N–H and O–H groups in total. The number of nitrogens with one attached hydrogen (secondary N) is 1. The highest BCUT2D eigenvalue weighted by Gasteiger charge is 2.38. The predicted octanol–water partition coefficient (Wildman–Crippen LogP) is 6.23. The largest absolute Gasteiger partial charge is 0.467 e. The second kappa shape index (κ2) is 11.5. The molecule has 7 nitrogen and oxygen atoms in total. The van der Waals surface area contributed by atoms with Crippen LogP contribution in [0.2, 0.25) is 0 Å². The number of fused-ring (bicyclic) bond motifs is 1. The van der Waals surface area contributed by atoms with E-state index >= 15 is 0 Å². The molecular formula is C33H30N4O3S. The number of rotatable bonds is 7. The van der Waals surface area contributed by atoms with Gasteiger partial charge in [-0.05, 0) is 49.2 Å². The van der Waals surface area contributed by atoms with E-state index in [0.29, 0.717) is 11.6 Å². The Morgan fingerprint density at radius 3 is 2.46 bits per heavy atom. The van der Waals surface area contributed by atoms with Crippen molar-refractivity contribution in [3.8, 4) is 16.9 Å². The van der Waals surface area contributed by atoms with Gasteiger partial charge in [-0.3, -0.25) is 14.5 Å². The molecule has 0 saturated carbocycles. The second-order valence-corrected chi connectivity index (χ2v) is 11.2. The summed E-state index contributed by atoms with van der Waals surface area (Å²) in [5.74, 6) is 1.06. The highest BCUT2D eigenvalue weighted by molar-refractivity contribution is 8.00. The van der Waals surface area contributed by atoms with Crippen LogP contribution in [-0.2, 0) is 16.1 Å². The van der Waals surface area contributed by atoms with Crippen LogP contribution >= 0.6 is 11.8 Å². The van der Waals surface area contributed by atoms with Crippen LogP contribution in [0.3, 0.4) is 0 Å². The summed E-state index contributed by atoms with van der Waals surface area (Å²) in [6.45, 7) is 4.23. The van der Waals surface area contributed by atoms with E-state index in [1.54, 1.807) is 35.1 Å². The number of aromatic nitrogens is 2. The average molecular weight is 563 g/mol. The minimum absolute atomic E-state index is 0.140. The van der Waals surface area contributed by atoms with Crippen LogP contribution in [0, 0.1) is 13.8 Å². The first-order chi connectivity index (χ1) is 20.0. The molecule has 3 aromatic carbocycles. The molecular weight excluding hydrogens is 532 g/mol. The van der Waals surface area contributed by atoms with Crippen LogP contribution in [0.15, 0.2) is 102 Å². The third-order valence-electron chi connectivity index (χ3n) is 7.23. The summed E-state index contributed by atoms with van der Waals surface area (Å²) in [4.78, 5) is 28.7. The molecule has 3 heterocycles. The van der Waals surface area contributed by atoms with Gasteiger partial charge < -0.3 is 9.73 Å². The molecule has 1 atom stereocenters. The lowest BCUT2D eigenvalue weighted by Crippen LogP contribution is -2.42. The zero-order valence-corrected chi connectivity index (χ0v) is 23.7. The van der Waals surface area contributed by atoms with E-state index in [9.17, 15) is 9.59 Å². The molecule has 2 aromatic heterocycles. The Hall–Kier alpha value is -4.56. The number of amides is 2. The maximum absolute atomic E-state index is 13.9. The third-order valence-corrected chi connectivity index (χ3v) is 8.46. The Morgan fingerprint density at radius 1 is 0.976 bits per heavy atom. The predicted molar refractivity (Wildman–Crippen MR) is 162 cm³/mol. The first-order valence-corrected chi connectivity index (χ1v) is 14.6. The Bertz CT molecular complexity index is 1680. The number of benzene rings is 3. The van der Waals surface area contributed by atoms with Crippen molar-refractivity contribution in [1.82, 2.24) is 15.1 Å². The van der Waals surface area contributed by atoms with Gasteiger partial charge in [0.15, 0.2) is 0 Å². The first kappa shape index (κ1) is 26.7. The third kappa shape index (κ3) is 5.43. The Balaban J connectivity index is 1.54. The summed E-state index contributed by atoms with van der Waals surface area (Å²) in [6.07, 6.45) is 1.57. The van der Waals surface area contributed by atoms with Crippen LogP contribution in [0.25, 0.3) is 16.9 Å². The fraction of sp³-hybridized carbons (Fsp3) is 0.182. The number of hydrogen-bond donors (Lipinski definition) is 1. The fourth-order valence-corrected chi connectivity index (χ4v) is 6.41. The number of furan rings is 1. The van der Waals surface area contributed by atoms with Gasteiger partial charge in [0.05, 0.1) is 35.2 Å². The molecule has 0 saturated heterocycles. The van der Waals surface area contributed by atoms with Crippen molar-refractivity contribution in [1.29, 1.82) is 0 Å². The lowest BCUT2D eigenvalue weighted by molar-refractivity contribution is -0.123. The molecule has 5 aromatic rings. The van der Waals surface area contributed by atoms with E-state index in [0.717, 1.165) is 39.2 Å². The molecule has 206 valence electrons. The van der Waals surface area contributed by atoms with Crippen molar-refractivity contribution in [3.05, 3.63) is 125 Å². The number of carbonyl (C=O) groups excluding carboxylic acids is 2. The lowest BCUT2D eigenvalue weighted by atomic mass is 9.97. The summed E-state index contributed by atoms with van der Waals surface area (Å²) < 4.78 is 7.20. The smallest absolute Gasteiger partial charge is 0.240 e. The molecule has 1 aliphatic heterocycles. The van der Waals surface area contributed by atoms with Gasteiger partial charge in [-0.25, -0.2) is 4.68 Å². The van der Waals surface area contributed by atoms with E-state index in [1.807, 2.05) is 78.3 Å². The first-order valence-electron chi connectivity index (χ1n) is 13.5. The maximum atomic E-state index is 13.9. The standard InChI is InChI=1S/C33H30N4O3S/c1-22-14-16-25(17-15-22)37-33-30(31(35-37)24-10-4-3-5-11-24)32(27-13-7-6-9-23(27)2)41-21-29(39)36(33)20-28(38)34-19-26-12-8-18-40-26/h3-18,32H,19-21H2,1-2H3,(H,34,38)/t32-/m1/s1. The highest BCUT2D eigenvalue weighted by Crippen LogP contribution is 2.49. The molecule has 0 spiro atoms. The van der Waals surface area contributed by atoms with Crippen LogP contribution in [0.4, 0.5) is 5.82 Å². The van der Waals surface area contributed by atoms with E-state index in [4.69, 9.17) is 9.52 Å². The van der Waals surface area contributed by atoms with Gasteiger partial charge >= 0.3 is 0 Å². The quantitative estimate of drug-likeness (QED) is 0.254. The number of hydrogen-bond acceptors (Lipinski definition) is 5. The number of aryl methyl sites for hydroxylation is 2. The molecule has 0 aliphatic carbocycles. The van der Waals surface area contributed by atoms with Crippen LogP contribution in [0.5, 0.6) is 0 Å². The van der Waals surface area contributed by atoms with Gasteiger partial charge in [0.25, 0.3) is 0 Å². The summed E-state index contributed by atoms with van der Waals surface area (Å²) >= 11 is 1.57. The molecule has 6 rings (SSSR count). The fourth-order valence-electron chi connectivity index (χ4n) is 5.12. The number of anilines is 1. The molecule has 0 radical (unpaired) electrons. The minimum atomic E-state index is -0.280. The monoisotopic (exact) mass is 562 g/mol. The molecule has 1 aliphatic rings. The normalized spacial score (nSPS) is 14.9. The number of carbonyl (C=O) groups is 2. The highest BCUT2D eigenvalue weighted by atomic mass is 32.2. The Labute approximate surface area is 243 Å². The second-order valence-electron chi connectivity index (χ2n) is 10.1. The topological polar surface area (TPSA) is 80.4 Å². The molecule has 0 unspecified atom stereocenters. The van der Waals surface area contributed by atoms with Crippen LogP contribution in [0.1, 0.15) is 33.3 Å². The number of thioether (sulfide) groups is 1. The summed E-state index contributed by atoms with van der Waals surface area (Å²) in [5, 5.41) is 7.88. The zero-order valence-electron chi connectivity index (χ0n) is 22.9. The van der Waals surface area contributed by atoms with Crippen molar-refractivity contribution >= 4 is 29.4 Å². The molecule has 2 amide bonds. The van der Waals surface area contributed by atoms with Crippen molar-refractivity contribution < 1.29 is 14.0 Å². The summed E-state index contributed by atoms with van der Waals surface area (Å²) in [6, 6.07) is 29.9. The van der Waals surface area contributed by atoms with Gasteiger partial charge in [0, 0.05) is 11.1 Å². The average Bonchev–Trinajstić information content (AvgIpc) is 3.62. The van der Waals surface area contributed by atoms with Crippen molar-refractivity contribution in [2.45, 2.75) is 25.6 Å². The van der Waals surface area contributed by atoms with E-state index < -0.39 is 0 Å². The number of nitrogens with zero attached hydrogens (tertiary/aromatic N) is 3. The van der Waals surface area contributed by atoms with Gasteiger partial charge in [0.1, 0.15) is 18.1 Å². The van der Waals surface area contributed by atoms with E-state index in [2.05, 4.69) is 24.4 Å². The SMILES string of the molecule is Cc1ccc(-n2nc(-c3ccccc3)c3c2N(CC(=O)NCc2ccco2)C(=O)CS[C@@H]3c2ccccc2C)cc1. The summed E-state index contributed by atoms with van der Waals surface area (Å²) in [5.41, 5.74) is 6.85. The molecule has 0 fully saturated rings. The lowest BCUT2D eigenvalue weighted by Gasteiger charge is -2.23. The van der Waals surface area contributed by atoms with Gasteiger partial charge in [-0.1, -0.05) is 72.3 Å². The van der Waals surface area contributed by atoms with Gasteiger partial charge in [-0.2, -0.15) is 5.10 Å². The molecule has 0 bridgehead atoms. The van der Waals surface area contributed by atoms with Crippen LogP contribution < -0.4 is 10.2 Å². The maximum Gasteiger partial charge on any atom is 0.240 e. The van der Waals surface area contributed by atoms with E-state index in [1.165, 1.54) is 0 Å². The Kier molecular flexibility index (Phi) is 7.48. The van der Waals surface area contributed by atoms with E-state index in [-0.39, 0.29) is 35.9 Å². The minimum Gasteiger partial charge on any atom is -0.467 e. The van der Waals surface area contributed by atoms with Crippen LogP contribution in [-0.4, -0.2) is 33.9 Å². The Morgan fingerprint density at radius 2 is 1.73 bits per heavy atom. The van der Waals surface area contributed by atoms with Gasteiger partial charge in [0.2, 0.25) is 11.8 Å². The molecule has 8 heteroatoms. The molecule has 41 heavy (non-hydrogen) atoms.